The summed E-state index contributed by atoms with van der Waals surface area (Å²) in [6.45, 7) is 10.2. The lowest BCUT2D eigenvalue weighted by atomic mass is 9.70. The lowest BCUT2D eigenvalue weighted by Crippen LogP contribution is -2.56. The van der Waals surface area contributed by atoms with Gasteiger partial charge in [0.2, 0.25) is 17.7 Å². The third-order valence-corrected chi connectivity index (χ3v) is 11.7. The number of hydrogen-bond donors (Lipinski definition) is 3. The third kappa shape index (κ3) is 5.30. The fourth-order valence-electron chi connectivity index (χ4n) is 7.32. The second-order valence-corrected chi connectivity index (χ2v) is 13.4. The molecule has 0 radical (unpaired) electrons. The van der Waals surface area contributed by atoms with E-state index in [1.165, 1.54) is 0 Å². The van der Waals surface area contributed by atoms with Crippen molar-refractivity contribution in [3.8, 4) is 0 Å². The summed E-state index contributed by atoms with van der Waals surface area (Å²) >= 11 is 1.65. The Balaban J connectivity index is 1.44. The van der Waals surface area contributed by atoms with Gasteiger partial charge in [0.05, 0.1) is 29.2 Å². The number of aliphatic hydroxyl groups excluding tert-OH is 1. The smallest absolute Gasteiger partial charge is 0.248 e. The number of carbonyl (C=O) groups is 3. The molecule has 1 spiro atoms. The number of fused-ring (bicyclic) bond motifs is 1. The summed E-state index contributed by atoms with van der Waals surface area (Å²) < 4.78 is -0.706. The quantitative estimate of drug-likeness (QED) is 0.340. The maximum absolute atomic E-state index is 14.4. The second-order valence-electron chi connectivity index (χ2n) is 11.8. The number of thioether (sulfide) groups is 1. The molecule has 0 saturated carbocycles. The molecular formula is C33H44N4O4S. The number of likely N-dealkylation sites (tertiary alicyclic amines) is 1. The molecule has 2 aromatic carbocycles. The molecule has 5 rings (SSSR count). The van der Waals surface area contributed by atoms with Crippen LogP contribution in [0.15, 0.2) is 54.6 Å². The molecule has 7 atom stereocenters. The molecule has 2 unspecified atom stereocenters. The van der Waals surface area contributed by atoms with Crippen molar-refractivity contribution in [1.82, 2.24) is 10.2 Å². The molecule has 9 heteroatoms. The van der Waals surface area contributed by atoms with Crippen LogP contribution in [0.3, 0.4) is 0 Å². The van der Waals surface area contributed by atoms with Crippen LogP contribution < -0.4 is 15.5 Å². The van der Waals surface area contributed by atoms with Crippen molar-refractivity contribution >= 4 is 40.9 Å². The lowest BCUT2D eigenvalue weighted by molar-refractivity contribution is -0.143. The van der Waals surface area contributed by atoms with Gasteiger partial charge >= 0.3 is 0 Å². The number of hydrogen-bond acceptors (Lipinski definition) is 6. The number of anilines is 2. The van der Waals surface area contributed by atoms with E-state index in [9.17, 15) is 19.5 Å². The maximum atomic E-state index is 14.4. The molecule has 3 heterocycles. The van der Waals surface area contributed by atoms with E-state index >= 15 is 0 Å². The van der Waals surface area contributed by atoms with Gasteiger partial charge in [-0.25, -0.2) is 0 Å². The van der Waals surface area contributed by atoms with Gasteiger partial charge in [-0.1, -0.05) is 50.6 Å². The van der Waals surface area contributed by atoms with Crippen LogP contribution in [-0.4, -0.2) is 69.5 Å². The highest BCUT2D eigenvalue weighted by atomic mass is 32.2. The van der Waals surface area contributed by atoms with Crippen molar-refractivity contribution in [2.24, 2.45) is 17.8 Å². The number of carbonyl (C=O) groups excluding carboxylic acids is 3. The van der Waals surface area contributed by atoms with Crippen molar-refractivity contribution in [3.05, 3.63) is 60.2 Å². The highest BCUT2D eigenvalue weighted by Crippen LogP contribution is 2.66. The van der Waals surface area contributed by atoms with Gasteiger partial charge in [-0.15, -0.1) is 11.8 Å². The summed E-state index contributed by atoms with van der Waals surface area (Å²) in [5.74, 6) is -1.68. The normalized spacial score (nSPS) is 27.5. The molecule has 3 N–H and O–H groups in total. The number of nitrogens with one attached hydrogen (secondary N) is 2. The zero-order valence-corrected chi connectivity index (χ0v) is 25.9. The van der Waals surface area contributed by atoms with E-state index in [2.05, 4.69) is 29.4 Å². The Kier molecular flexibility index (Phi) is 9.18. The highest BCUT2D eigenvalue weighted by molar-refractivity contribution is 8.02. The maximum Gasteiger partial charge on any atom is 0.248 e. The summed E-state index contributed by atoms with van der Waals surface area (Å²) in [7, 11) is 0. The predicted octanol–water partition coefficient (Wildman–Crippen LogP) is 4.29. The van der Waals surface area contributed by atoms with E-state index in [4.69, 9.17) is 0 Å². The largest absolute Gasteiger partial charge is 0.394 e. The van der Waals surface area contributed by atoms with Gasteiger partial charge in [0.15, 0.2) is 0 Å². The Morgan fingerprint density at radius 3 is 2.38 bits per heavy atom. The molecule has 8 nitrogen and oxygen atoms in total. The van der Waals surface area contributed by atoms with Crippen molar-refractivity contribution in [1.29, 1.82) is 0 Å². The van der Waals surface area contributed by atoms with Crippen LogP contribution in [0.5, 0.6) is 0 Å². The van der Waals surface area contributed by atoms with Crippen molar-refractivity contribution in [3.63, 3.8) is 0 Å². The minimum absolute atomic E-state index is 0.00890. The monoisotopic (exact) mass is 592 g/mol. The molecular weight excluding hydrogens is 548 g/mol. The zero-order valence-electron chi connectivity index (χ0n) is 25.1. The van der Waals surface area contributed by atoms with Crippen LogP contribution in [0.4, 0.5) is 11.4 Å². The van der Waals surface area contributed by atoms with E-state index in [1.807, 2.05) is 68.4 Å². The van der Waals surface area contributed by atoms with Crippen LogP contribution in [0.2, 0.25) is 0 Å². The van der Waals surface area contributed by atoms with Gasteiger partial charge in [0.25, 0.3) is 0 Å². The average molecular weight is 593 g/mol. The Hall–Kier alpha value is -3.04. The van der Waals surface area contributed by atoms with Crippen LogP contribution in [0.1, 0.15) is 52.5 Å². The van der Waals surface area contributed by atoms with E-state index in [1.54, 1.807) is 16.7 Å². The van der Waals surface area contributed by atoms with Gasteiger partial charge in [-0.2, -0.15) is 0 Å². The minimum Gasteiger partial charge on any atom is -0.394 e. The Labute approximate surface area is 253 Å². The Morgan fingerprint density at radius 1 is 1.07 bits per heavy atom. The SMILES string of the molecule is CC[C@H](C)[C@H](CO)N1C(=O)[C@@H]2[C@H](C(=O)NCc3ccccc3)[C@@H]3CCC2(S3)C1C(=O)Nc1ccc(N(CC)CC)cc1. The first-order chi connectivity index (χ1) is 20.3. The Morgan fingerprint density at radius 2 is 1.76 bits per heavy atom. The van der Waals surface area contributed by atoms with E-state index in [0.29, 0.717) is 18.7 Å². The molecule has 0 aromatic heterocycles. The van der Waals surface area contributed by atoms with Crippen molar-refractivity contribution in [2.45, 2.75) is 75.6 Å². The average Bonchev–Trinajstić information content (AvgIpc) is 3.65. The molecule has 3 fully saturated rings. The predicted molar refractivity (Wildman–Crippen MR) is 168 cm³/mol. The van der Waals surface area contributed by atoms with Gasteiger partial charge in [-0.3, -0.25) is 14.4 Å². The molecule has 226 valence electrons. The van der Waals surface area contributed by atoms with Crippen LogP contribution in [-0.2, 0) is 20.9 Å². The van der Waals surface area contributed by atoms with Crippen molar-refractivity contribution < 1.29 is 19.5 Å². The molecule has 2 aromatic rings. The van der Waals surface area contributed by atoms with Gasteiger partial charge in [0.1, 0.15) is 6.04 Å². The number of rotatable bonds is 12. The fraction of sp³-hybridized carbons (Fsp3) is 0.545. The van der Waals surface area contributed by atoms with Crippen LogP contribution in [0, 0.1) is 17.8 Å². The first-order valence-electron chi connectivity index (χ1n) is 15.4. The molecule has 3 saturated heterocycles. The highest BCUT2D eigenvalue weighted by Gasteiger charge is 2.74. The molecule has 0 aliphatic carbocycles. The molecule has 3 aliphatic rings. The van der Waals surface area contributed by atoms with E-state index in [0.717, 1.165) is 37.2 Å². The van der Waals surface area contributed by atoms with E-state index in [-0.39, 0.29) is 35.5 Å². The zero-order chi connectivity index (χ0) is 30.0. The topological polar surface area (TPSA) is 102 Å². The molecule has 2 bridgehead atoms. The number of benzene rings is 2. The first-order valence-corrected chi connectivity index (χ1v) is 16.3. The van der Waals surface area contributed by atoms with E-state index < -0.39 is 28.7 Å². The third-order valence-electron chi connectivity index (χ3n) is 9.71. The molecule has 3 amide bonds. The van der Waals surface area contributed by atoms with Crippen LogP contribution >= 0.6 is 11.8 Å². The fourth-order valence-corrected chi connectivity index (χ4v) is 9.53. The van der Waals surface area contributed by atoms with Gasteiger partial charge in [-0.05, 0) is 62.4 Å². The Bertz CT molecular complexity index is 1270. The van der Waals surface area contributed by atoms with Gasteiger partial charge < -0.3 is 25.5 Å². The van der Waals surface area contributed by atoms with Gasteiger partial charge in [0, 0.05) is 36.3 Å². The lowest BCUT2D eigenvalue weighted by Gasteiger charge is -2.39. The number of aliphatic hydroxyl groups is 1. The van der Waals surface area contributed by atoms with Crippen LogP contribution in [0.25, 0.3) is 0 Å². The number of amides is 3. The van der Waals surface area contributed by atoms with Crippen molar-refractivity contribution in [2.75, 3.05) is 29.9 Å². The molecule has 3 aliphatic heterocycles. The summed E-state index contributed by atoms with van der Waals surface area (Å²) in [5.41, 5.74) is 2.75. The summed E-state index contributed by atoms with van der Waals surface area (Å²) in [6, 6.07) is 16.3. The first kappa shape index (κ1) is 30.4. The second kappa shape index (κ2) is 12.7. The summed E-state index contributed by atoms with van der Waals surface area (Å²) in [6.07, 6.45) is 2.22. The minimum atomic E-state index is -0.773. The number of nitrogens with zero attached hydrogens (tertiary/aromatic N) is 2. The molecule has 42 heavy (non-hydrogen) atoms. The standard InChI is InChI=1S/C33H44N4O4S/c1-5-21(4)25(20-38)37-29(31(40)35-23-13-15-24(16-14-23)36(6-2)7-3)33-18-17-26(42-33)27(28(33)32(37)41)30(39)34-19-22-11-9-8-10-12-22/h8-16,21,25-29,38H,5-7,17-20H2,1-4H3,(H,34,39)(H,35,40)/t21-,25-,26-,27+,28-,29?,33?/m0/s1. The summed E-state index contributed by atoms with van der Waals surface area (Å²) in [4.78, 5) is 46.2. The summed E-state index contributed by atoms with van der Waals surface area (Å²) in [5, 5.41) is 16.7.